The van der Waals surface area contributed by atoms with Crippen molar-refractivity contribution >= 4 is 28.4 Å². The minimum Gasteiger partial charge on any atom is -0.493 e. The van der Waals surface area contributed by atoms with Crippen LogP contribution in [0.25, 0.3) is 10.9 Å². The quantitative estimate of drug-likeness (QED) is 0.838. The number of benzene rings is 1. The second-order valence-electron chi connectivity index (χ2n) is 5.52. The summed E-state index contributed by atoms with van der Waals surface area (Å²) >= 11 is 0. The molecule has 2 aliphatic heterocycles. The molecule has 6 nitrogen and oxygen atoms in total. The lowest BCUT2D eigenvalue weighted by Gasteiger charge is -2.31. The van der Waals surface area contributed by atoms with Crippen LogP contribution in [-0.2, 0) is 4.79 Å². The number of aromatic nitrogens is 1. The van der Waals surface area contributed by atoms with Crippen molar-refractivity contribution in [1.82, 2.24) is 10.3 Å². The standard InChI is InChI=1S/C16H13N3O3/c1-8-5-6-12(15(21)17-8)19-11-4-2-3-10-14(11)9(16(19)22)7-13(20)18-10/h2-4,7,12H,1,5-6H2,(H,17,21)(H,18,20). The second kappa shape index (κ2) is 4.30. The second-order valence-corrected chi connectivity index (χ2v) is 5.52. The van der Waals surface area contributed by atoms with E-state index in [1.54, 1.807) is 18.2 Å². The number of aromatic hydroxyl groups is 1. The van der Waals surface area contributed by atoms with Crippen LogP contribution in [0, 0.1) is 0 Å². The number of hydrogen-bond acceptors (Lipinski definition) is 4. The lowest BCUT2D eigenvalue weighted by atomic mass is 10.0. The van der Waals surface area contributed by atoms with Gasteiger partial charge in [-0.05, 0) is 25.0 Å². The van der Waals surface area contributed by atoms with Crippen molar-refractivity contribution in [3.63, 3.8) is 0 Å². The van der Waals surface area contributed by atoms with Crippen molar-refractivity contribution in [2.75, 3.05) is 4.90 Å². The molecule has 1 fully saturated rings. The molecule has 0 saturated carbocycles. The van der Waals surface area contributed by atoms with Crippen molar-refractivity contribution in [3.8, 4) is 5.88 Å². The lowest BCUT2D eigenvalue weighted by molar-refractivity contribution is -0.122. The van der Waals surface area contributed by atoms with Gasteiger partial charge in [-0.15, -0.1) is 0 Å². The molecular weight excluding hydrogens is 282 g/mol. The normalized spacial score (nSPS) is 20.6. The van der Waals surface area contributed by atoms with E-state index in [0.717, 1.165) is 0 Å². The molecule has 0 aliphatic carbocycles. The van der Waals surface area contributed by atoms with Crippen molar-refractivity contribution < 1.29 is 14.7 Å². The first-order valence-corrected chi connectivity index (χ1v) is 7.01. The van der Waals surface area contributed by atoms with Crippen LogP contribution in [0.2, 0.25) is 0 Å². The van der Waals surface area contributed by atoms with E-state index in [1.807, 2.05) is 0 Å². The van der Waals surface area contributed by atoms with Crippen LogP contribution < -0.4 is 10.2 Å². The average Bonchev–Trinajstić information content (AvgIpc) is 2.74. The Kier molecular flexibility index (Phi) is 2.51. The van der Waals surface area contributed by atoms with E-state index in [9.17, 15) is 14.7 Å². The molecule has 0 spiro atoms. The summed E-state index contributed by atoms with van der Waals surface area (Å²) in [7, 11) is 0. The number of hydrogen-bond donors (Lipinski definition) is 2. The molecule has 0 radical (unpaired) electrons. The van der Waals surface area contributed by atoms with Crippen molar-refractivity contribution in [2.45, 2.75) is 18.9 Å². The molecule has 1 saturated heterocycles. The fourth-order valence-corrected chi connectivity index (χ4v) is 3.18. The zero-order valence-electron chi connectivity index (χ0n) is 11.7. The smallest absolute Gasteiger partial charge is 0.260 e. The maximum absolute atomic E-state index is 12.7. The van der Waals surface area contributed by atoms with Crippen molar-refractivity contribution in [1.29, 1.82) is 0 Å². The maximum atomic E-state index is 12.7. The maximum Gasteiger partial charge on any atom is 0.260 e. The number of amides is 2. The Morgan fingerprint density at radius 3 is 2.95 bits per heavy atom. The fourth-order valence-electron chi connectivity index (χ4n) is 3.18. The molecule has 1 aromatic carbocycles. The first-order chi connectivity index (χ1) is 10.6. The predicted octanol–water partition coefficient (Wildman–Crippen LogP) is 1.69. The van der Waals surface area contributed by atoms with Gasteiger partial charge >= 0.3 is 0 Å². The Bertz CT molecular complexity index is 859. The van der Waals surface area contributed by atoms with Crippen LogP contribution in [0.3, 0.4) is 0 Å². The highest BCUT2D eigenvalue weighted by atomic mass is 16.3. The van der Waals surface area contributed by atoms with Gasteiger partial charge in [-0.25, -0.2) is 4.98 Å². The number of nitrogens with one attached hydrogen (secondary N) is 1. The first kappa shape index (κ1) is 12.8. The molecule has 2 aliphatic rings. The molecule has 1 aromatic heterocycles. The Labute approximate surface area is 126 Å². The van der Waals surface area contributed by atoms with Crippen LogP contribution >= 0.6 is 0 Å². The molecule has 6 heteroatoms. The molecule has 4 rings (SSSR count). The zero-order valence-corrected chi connectivity index (χ0v) is 11.7. The highest BCUT2D eigenvalue weighted by Gasteiger charge is 2.40. The van der Waals surface area contributed by atoms with Gasteiger partial charge in [0.2, 0.25) is 11.8 Å². The Hall–Kier alpha value is -2.89. The van der Waals surface area contributed by atoms with Crippen LogP contribution in [-0.4, -0.2) is 27.9 Å². The molecule has 22 heavy (non-hydrogen) atoms. The molecule has 2 aromatic rings. The van der Waals surface area contributed by atoms with Crippen molar-refractivity contribution in [3.05, 3.63) is 42.1 Å². The van der Waals surface area contributed by atoms with Gasteiger partial charge in [0, 0.05) is 17.1 Å². The summed E-state index contributed by atoms with van der Waals surface area (Å²) in [5, 5.41) is 13.1. The molecule has 3 heterocycles. The number of carbonyl (C=O) groups excluding carboxylic acids is 2. The van der Waals surface area contributed by atoms with E-state index in [0.29, 0.717) is 40.7 Å². The average molecular weight is 295 g/mol. The predicted molar refractivity (Wildman–Crippen MR) is 80.5 cm³/mol. The van der Waals surface area contributed by atoms with Gasteiger partial charge in [-0.1, -0.05) is 12.6 Å². The van der Waals surface area contributed by atoms with Gasteiger partial charge in [-0.3, -0.25) is 14.5 Å². The Morgan fingerprint density at radius 1 is 1.36 bits per heavy atom. The highest BCUT2D eigenvalue weighted by Crippen LogP contribution is 2.40. The summed E-state index contributed by atoms with van der Waals surface area (Å²) in [4.78, 5) is 30.5. The Morgan fingerprint density at radius 2 is 2.18 bits per heavy atom. The third kappa shape index (κ3) is 1.64. The molecule has 110 valence electrons. The van der Waals surface area contributed by atoms with Gasteiger partial charge in [-0.2, -0.15) is 0 Å². The Balaban J connectivity index is 1.88. The minimum absolute atomic E-state index is 0.198. The SMILES string of the molecule is C=C1CCC(N2C(=O)c3cc(O)nc4cccc2c34)C(=O)N1. The number of carbonyl (C=O) groups is 2. The molecule has 2 amide bonds. The largest absolute Gasteiger partial charge is 0.493 e. The van der Waals surface area contributed by atoms with Crippen molar-refractivity contribution in [2.24, 2.45) is 0 Å². The molecular formula is C16H13N3O3. The third-order valence-electron chi connectivity index (χ3n) is 4.14. The number of piperidine rings is 1. The van der Waals surface area contributed by atoms with Gasteiger partial charge < -0.3 is 10.4 Å². The van der Waals surface area contributed by atoms with Crippen LogP contribution in [0.4, 0.5) is 5.69 Å². The number of pyridine rings is 1. The number of allylic oxidation sites excluding steroid dienone is 1. The van der Waals surface area contributed by atoms with Crippen LogP contribution in [0.5, 0.6) is 5.88 Å². The number of anilines is 1. The summed E-state index contributed by atoms with van der Waals surface area (Å²) in [6.45, 7) is 3.76. The fraction of sp³-hybridized carbons (Fsp3) is 0.188. The molecule has 0 bridgehead atoms. The van der Waals surface area contributed by atoms with E-state index in [1.165, 1.54) is 11.0 Å². The van der Waals surface area contributed by atoms with Gasteiger partial charge in [0.25, 0.3) is 5.91 Å². The summed E-state index contributed by atoms with van der Waals surface area (Å²) in [5.74, 6) is -0.709. The van der Waals surface area contributed by atoms with Crippen LogP contribution in [0.1, 0.15) is 23.2 Å². The number of rotatable bonds is 1. The highest BCUT2D eigenvalue weighted by molar-refractivity contribution is 6.26. The third-order valence-corrected chi connectivity index (χ3v) is 4.14. The summed E-state index contributed by atoms with van der Waals surface area (Å²) < 4.78 is 0. The van der Waals surface area contributed by atoms with Gasteiger partial charge in [0.05, 0.1) is 16.8 Å². The minimum atomic E-state index is -0.571. The zero-order chi connectivity index (χ0) is 15.4. The topological polar surface area (TPSA) is 82.5 Å². The number of nitrogens with zero attached hydrogens (tertiary/aromatic N) is 2. The lowest BCUT2D eigenvalue weighted by Crippen LogP contribution is -2.51. The van der Waals surface area contributed by atoms with E-state index < -0.39 is 6.04 Å². The summed E-state index contributed by atoms with van der Waals surface area (Å²) in [5.41, 5.74) is 2.26. The van der Waals surface area contributed by atoms with E-state index in [4.69, 9.17) is 0 Å². The molecule has 1 unspecified atom stereocenters. The summed E-state index contributed by atoms with van der Waals surface area (Å²) in [6.07, 6.45) is 1.16. The van der Waals surface area contributed by atoms with E-state index in [-0.39, 0.29) is 17.7 Å². The van der Waals surface area contributed by atoms with E-state index >= 15 is 0 Å². The van der Waals surface area contributed by atoms with Gasteiger partial charge in [0.1, 0.15) is 6.04 Å². The van der Waals surface area contributed by atoms with Gasteiger partial charge in [0.15, 0.2) is 0 Å². The molecule has 2 N–H and O–H groups in total. The first-order valence-electron chi connectivity index (χ1n) is 7.01. The van der Waals surface area contributed by atoms with E-state index in [2.05, 4.69) is 16.9 Å². The molecule has 1 atom stereocenters. The monoisotopic (exact) mass is 295 g/mol. The van der Waals surface area contributed by atoms with Crippen LogP contribution in [0.15, 0.2) is 36.5 Å². The summed E-state index contributed by atoms with van der Waals surface area (Å²) in [6, 6.07) is 6.08.